The van der Waals surface area contributed by atoms with Gasteiger partial charge >= 0.3 is 5.97 Å². The number of hydrogen-bond donors (Lipinski definition) is 2. The third-order valence-electron chi connectivity index (χ3n) is 4.29. The molecule has 7 nitrogen and oxygen atoms in total. The minimum absolute atomic E-state index is 0.0494. The summed E-state index contributed by atoms with van der Waals surface area (Å²) in [4.78, 5) is 35.6. The van der Waals surface area contributed by atoms with Gasteiger partial charge in [0.15, 0.2) is 6.61 Å². The highest BCUT2D eigenvalue weighted by Crippen LogP contribution is 2.27. The molecular weight excluding hydrogens is 393 g/mol. The number of nitrogens with zero attached hydrogens (tertiary/aromatic N) is 1. The molecule has 0 fully saturated rings. The van der Waals surface area contributed by atoms with Crippen molar-refractivity contribution in [1.82, 2.24) is 9.88 Å². The fraction of sp³-hybridized carbons (Fsp3) is 0.278. The van der Waals surface area contributed by atoms with Gasteiger partial charge in [0.25, 0.3) is 5.91 Å². The first-order valence-electron chi connectivity index (χ1n) is 8.16. The average Bonchev–Trinajstić information content (AvgIpc) is 3.12. The fourth-order valence-electron chi connectivity index (χ4n) is 2.83. The van der Waals surface area contributed by atoms with E-state index in [4.69, 9.17) is 27.9 Å². The highest BCUT2D eigenvalue weighted by molar-refractivity contribution is 6.41. The van der Waals surface area contributed by atoms with Crippen LogP contribution in [0.15, 0.2) is 24.3 Å². The Kier molecular flexibility index (Phi) is 5.43. The molecule has 1 aliphatic heterocycles. The van der Waals surface area contributed by atoms with Crippen molar-refractivity contribution in [2.24, 2.45) is 7.05 Å². The van der Waals surface area contributed by atoms with Gasteiger partial charge in [0.1, 0.15) is 10.8 Å². The zero-order valence-corrected chi connectivity index (χ0v) is 16.1. The van der Waals surface area contributed by atoms with Crippen molar-refractivity contribution in [1.29, 1.82) is 0 Å². The smallest absolute Gasteiger partial charge is 0.355 e. The summed E-state index contributed by atoms with van der Waals surface area (Å²) in [7, 11) is 1.57. The van der Waals surface area contributed by atoms with E-state index in [1.165, 1.54) is 10.6 Å². The van der Waals surface area contributed by atoms with Gasteiger partial charge in [-0.05, 0) is 30.2 Å². The van der Waals surface area contributed by atoms with E-state index in [1.807, 2.05) is 19.1 Å². The number of aromatic nitrogens is 1. The number of benzene rings is 1. The van der Waals surface area contributed by atoms with E-state index >= 15 is 0 Å². The quantitative estimate of drug-likeness (QED) is 0.742. The van der Waals surface area contributed by atoms with Crippen LogP contribution >= 0.6 is 23.2 Å². The maximum atomic E-state index is 12.1. The van der Waals surface area contributed by atoms with Crippen molar-refractivity contribution in [3.05, 3.63) is 51.3 Å². The number of rotatable bonds is 5. The number of amides is 2. The van der Waals surface area contributed by atoms with Crippen LogP contribution in [0.3, 0.4) is 0 Å². The Labute approximate surface area is 165 Å². The third kappa shape index (κ3) is 4.09. The van der Waals surface area contributed by atoms with Crippen LogP contribution in [0, 0.1) is 0 Å². The van der Waals surface area contributed by atoms with Gasteiger partial charge in [-0.1, -0.05) is 35.3 Å². The van der Waals surface area contributed by atoms with E-state index < -0.39 is 18.5 Å². The normalized spacial score (nSPS) is 13.7. The van der Waals surface area contributed by atoms with Crippen molar-refractivity contribution in [2.45, 2.75) is 19.4 Å². The van der Waals surface area contributed by atoms with E-state index in [0.29, 0.717) is 6.42 Å². The molecule has 0 aliphatic carbocycles. The van der Waals surface area contributed by atoms with Crippen LogP contribution in [0.1, 0.15) is 34.6 Å². The Morgan fingerprint density at radius 2 is 2.07 bits per heavy atom. The molecule has 1 aromatic carbocycles. The van der Waals surface area contributed by atoms with E-state index in [0.717, 1.165) is 16.8 Å². The maximum Gasteiger partial charge on any atom is 0.355 e. The molecule has 0 spiro atoms. The highest BCUT2D eigenvalue weighted by Gasteiger charge is 2.21. The molecule has 0 bridgehead atoms. The third-order valence-corrected chi connectivity index (χ3v) is 5.13. The molecule has 0 saturated carbocycles. The molecule has 0 saturated heterocycles. The summed E-state index contributed by atoms with van der Waals surface area (Å²) in [5.41, 5.74) is 2.69. The van der Waals surface area contributed by atoms with Crippen molar-refractivity contribution in [2.75, 3.05) is 11.9 Å². The van der Waals surface area contributed by atoms with Crippen molar-refractivity contribution >= 4 is 46.7 Å². The lowest BCUT2D eigenvalue weighted by Gasteiger charge is -2.15. The molecule has 2 amide bonds. The molecular formula is C18H17Cl2N3O4. The SMILES string of the molecule is C[C@H](NC(=O)COC(=O)c1cc(Cl)c(Cl)n1C)c1ccc2c(c1)CC(=O)N2. The largest absolute Gasteiger partial charge is 0.451 e. The topological polar surface area (TPSA) is 89.4 Å². The number of fused-ring (bicyclic) bond motifs is 1. The zero-order chi connectivity index (χ0) is 19.7. The number of carbonyl (C=O) groups is 3. The molecule has 2 aromatic rings. The van der Waals surface area contributed by atoms with E-state index in [-0.39, 0.29) is 27.8 Å². The predicted molar refractivity (Wildman–Crippen MR) is 101 cm³/mol. The number of nitrogens with one attached hydrogen (secondary N) is 2. The summed E-state index contributed by atoms with van der Waals surface area (Å²) in [5, 5.41) is 5.96. The van der Waals surface area contributed by atoms with Crippen molar-refractivity contribution in [3.63, 3.8) is 0 Å². The van der Waals surface area contributed by atoms with Crippen LogP contribution < -0.4 is 10.6 Å². The van der Waals surface area contributed by atoms with Gasteiger partial charge in [-0.2, -0.15) is 0 Å². The van der Waals surface area contributed by atoms with Gasteiger partial charge in [0.05, 0.1) is 17.5 Å². The van der Waals surface area contributed by atoms with Crippen molar-refractivity contribution < 1.29 is 19.1 Å². The second kappa shape index (κ2) is 7.62. The first-order chi connectivity index (χ1) is 12.8. The van der Waals surface area contributed by atoms with Crippen LogP contribution in [0.2, 0.25) is 10.2 Å². The minimum Gasteiger partial charge on any atom is -0.451 e. The lowest BCUT2D eigenvalue weighted by atomic mass is 10.0. The molecule has 9 heteroatoms. The standard InChI is InChI=1S/C18H17Cl2N3O4/c1-9(10-3-4-13-11(5-10)6-15(24)22-13)21-16(25)8-27-18(26)14-7-12(19)17(20)23(14)2/h3-5,7,9H,6,8H2,1-2H3,(H,21,25)(H,22,24)/t9-/m0/s1. The molecule has 1 aliphatic rings. The fourth-order valence-corrected chi connectivity index (χ4v) is 3.20. The zero-order valence-electron chi connectivity index (χ0n) is 14.6. The molecule has 3 rings (SSSR count). The van der Waals surface area contributed by atoms with E-state index in [1.54, 1.807) is 13.1 Å². The molecule has 2 heterocycles. The average molecular weight is 410 g/mol. The van der Waals surface area contributed by atoms with Gasteiger partial charge in [0.2, 0.25) is 5.91 Å². The first-order valence-corrected chi connectivity index (χ1v) is 8.91. The molecule has 0 radical (unpaired) electrons. The second-order valence-electron chi connectivity index (χ2n) is 6.23. The Bertz CT molecular complexity index is 939. The molecule has 0 unspecified atom stereocenters. The van der Waals surface area contributed by atoms with Crippen LogP contribution in [0.4, 0.5) is 5.69 Å². The lowest BCUT2D eigenvalue weighted by molar-refractivity contribution is -0.124. The number of halogens is 2. The summed E-state index contributed by atoms with van der Waals surface area (Å²) in [6.45, 7) is 1.37. The number of hydrogen-bond acceptors (Lipinski definition) is 4. The monoisotopic (exact) mass is 409 g/mol. The molecule has 1 aromatic heterocycles. The van der Waals surface area contributed by atoms with Crippen LogP contribution in [0.25, 0.3) is 0 Å². The number of esters is 1. The van der Waals surface area contributed by atoms with Crippen LogP contribution in [0.5, 0.6) is 0 Å². The van der Waals surface area contributed by atoms with Crippen molar-refractivity contribution in [3.8, 4) is 0 Å². The second-order valence-corrected chi connectivity index (χ2v) is 7.00. The Balaban J connectivity index is 1.56. The van der Waals surface area contributed by atoms with Crippen LogP contribution in [-0.4, -0.2) is 29.0 Å². The molecule has 27 heavy (non-hydrogen) atoms. The van der Waals surface area contributed by atoms with E-state index in [2.05, 4.69) is 10.6 Å². The summed E-state index contributed by atoms with van der Waals surface area (Å²) in [6, 6.07) is 6.58. The molecule has 142 valence electrons. The number of carbonyl (C=O) groups excluding carboxylic acids is 3. The minimum atomic E-state index is -0.698. The number of anilines is 1. The Morgan fingerprint density at radius 1 is 1.33 bits per heavy atom. The van der Waals surface area contributed by atoms with Gasteiger partial charge in [0, 0.05) is 12.7 Å². The van der Waals surface area contributed by atoms with Gasteiger partial charge in [-0.3, -0.25) is 9.59 Å². The Hall–Kier alpha value is -2.51. The predicted octanol–water partition coefficient (Wildman–Crippen LogP) is 2.86. The first kappa shape index (κ1) is 19.3. The van der Waals surface area contributed by atoms with Gasteiger partial charge < -0.3 is 19.9 Å². The summed E-state index contributed by atoms with van der Waals surface area (Å²) in [6.07, 6.45) is 0.323. The summed E-state index contributed by atoms with van der Waals surface area (Å²) in [5.74, 6) is -1.19. The summed E-state index contributed by atoms with van der Waals surface area (Å²) >= 11 is 11.8. The lowest BCUT2D eigenvalue weighted by Crippen LogP contribution is -2.31. The Morgan fingerprint density at radius 3 is 2.74 bits per heavy atom. The van der Waals surface area contributed by atoms with Gasteiger partial charge in [-0.25, -0.2) is 4.79 Å². The molecule has 2 N–H and O–H groups in total. The van der Waals surface area contributed by atoms with E-state index in [9.17, 15) is 14.4 Å². The van der Waals surface area contributed by atoms with Crippen LogP contribution in [-0.2, 0) is 27.8 Å². The van der Waals surface area contributed by atoms with Gasteiger partial charge in [-0.15, -0.1) is 0 Å². The maximum absolute atomic E-state index is 12.1. The molecule has 1 atom stereocenters. The number of ether oxygens (including phenoxy) is 1. The summed E-state index contributed by atoms with van der Waals surface area (Å²) < 4.78 is 6.40. The highest BCUT2D eigenvalue weighted by atomic mass is 35.5.